The highest BCUT2D eigenvalue weighted by Crippen LogP contribution is 2.27. The van der Waals surface area contributed by atoms with E-state index in [9.17, 15) is 4.79 Å². The fraction of sp³-hybridized carbons (Fsp3) is 0.167. The Morgan fingerprint density at radius 3 is 2.17 bits per heavy atom. The fourth-order valence-corrected chi connectivity index (χ4v) is 2.68. The third kappa shape index (κ3) is 5.69. The maximum atomic E-state index is 11.0. The molecule has 3 aromatic carbocycles. The number of hydrazone groups is 1. The van der Waals surface area contributed by atoms with Gasteiger partial charge in [-0.15, -0.1) is 0 Å². The highest BCUT2D eigenvalue weighted by atomic mass is 16.5. The summed E-state index contributed by atoms with van der Waals surface area (Å²) >= 11 is 0. The van der Waals surface area contributed by atoms with Gasteiger partial charge in [-0.3, -0.25) is 5.43 Å². The molecule has 0 aromatic heterocycles. The van der Waals surface area contributed by atoms with E-state index in [4.69, 9.17) is 9.84 Å². The van der Waals surface area contributed by atoms with Crippen LogP contribution in [0.4, 0.5) is 5.69 Å². The lowest BCUT2D eigenvalue weighted by atomic mass is 9.87. The van der Waals surface area contributed by atoms with Crippen LogP contribution in [-0.4, -0.2) is 17.3 Å². The van der Waals surface area contributed by atoms with Gasteiger partial charge in [0.1, 0.15) is 11.5 Å². The van der Waals surface area contributed by atoms with E-state index in [1.165, 1.54) is 17.7 Å². The van der Waals surface area contributed by atoms with E-state index in [0.29, 0.717) is 5.69 Å². The van der Waals surface area contributed by atoms with E-state index in [-0.39, 0.29) is 11.0 Å². The maximum Gasteiger partial charge on any atom is 0.335 e. The molecule has 0 unspecified atom stereocenters. The number of hydrogen-bond donors (Lipinski definition) is 2. The Hall–Kier alpha value is -3.60. The maximum absolute atomic E-state index is 11.0. The van der Waals surface area contributed by atoms with Crippen LogP contribution in [0, 0.1) is 0 Å². The average molecular weight is 388 g/mol. The number of anilines is 1. The van der Waals surface area contributed by atoms with Gasteiger partial charge in [0.15, 0.2) is 0 Å². The number of benzene rings is 3. The highest BCUT2D eigenvalue weighted by Gasteiger charge is 2.13. The molecular weight excluding hydrogens is 364 g/mol. The first kappa shape index (κ1) is 20.1. The minimum Gasteiger partial charge on any atom is -0.478 e. The molecule has 5 nitrogen and oxygen atoms in total. The topological polar surface area (TPSA) is 70.9 Å². The lowest BCUT2D eigenvalue weighted by Gasteiger charge is -2.19. The quantitative estimate of drug-likeness (QED) is 0.406. The van der Waals surface area contributed by atoms with Crippen molar-refractivity contribution in [1.29, 1.82) is 0 Å². The van der Waals surface area contributed by atoms with Gasteiger partial charge in [-0.25, -0.2) is 4.79 Å². The zero-order valence-corrected chi connectivity index (χ0v) is 16.7. The van der Waals surface area contributed by atoms with E-state index < -0.39 is 5.97 Å². The molecule has 0 amide bonds. The van der Waals surface area contributed by atoms with Gasteiger partial charge in [0.25, 0.3) is 0 Å². The summed E-state index contributed by atoms with van der Waals surface area (Å²) in [7, 11) is 0. The third-order valence-electron chi connectivity index (χ3n) is 4.35. The molecular formula is C24H24N2O3. The summed E-state index contributed by atoms with van der Waals surface area (Å²) in [5, 5.41) is 13.2. The molecule has 3 rings (SSSR count). The zero-order chi connectivity index (χ0) is 20.9. The molecule has 0 aliphatic carbocycles. The van der Waals surface area contributed by atoms with Crippen molar-refractivity contribution in [2.24, 2.45) is 5.10 Å². The van der Waals surface area contributed by atoms with E-state index in [0.717, 1.165) is 17.1 Å². The van der Waals surface area contributed by atoms with Gasteiger partial charge in [0, 0.05) is 0 Å². The summed E-state index contributed by atoms with van der Waals surface area (Å²) in [6, 6.07) is 22.2. The summed E-state index contributed by atoms with van der Waals surface area (Å²) in [6.45, 7) is 6.54. The smallest absolute Gasteiger partial charge is 0.335 e. The second kappa shape index (κ2) is 8.61. The normalized spacial score (nSPS) is 11.4. The average Bonchev–Trinajstić information content (AvgIpc) is 2.69. The lowest BCUT2D eigenvalue weighted by Crippen LogP contribution is -2.10. The largest absolute Gasteiger partial charge is 0.478 e. The Morgan fingerprint density at radius 1 is 0.966 bits per heavy atom. The highest BCUT2D eigenvalue weighted by molar-refractivity contribution is 5.88. The first-order valence-electron chi connectivity index (χ1n) is 9.32. The van der Waals surface area contributed by atoms with Gasteiger partial charge in [0.2, 0.25) is 0 Å². The number of rotatable bonds is 6. The van der Waals surface area contributed by atoms with Crippen LogP contribution in [0.25, 0.3) is 0 Å². The van der Waals surface area contributed by atoms with Crippen molar-refractivity contribution in [1.82, 2.24) is 0 Å². The molecule has 0 saturated heterocycles. The molecule has 0 bridgehead atoms. The van der Waals surface area contributed by atoms with Crippen LogP contribution in [0.5, 0.6) is 11.5 Å². The number of carboxylic acid groups (broad SMARTS) is 1. The third-order valence-corrected chi connectivity index (χ3v) is 4.35. The van der Waals surface area contributed by atoms with Crippen molar-refractivity contribution in [3.63, 3.8) is 0 Å². The van der Waals surface area contributed by atoms with Gasteiger partial charge in [-0.05, 0) is 71.1 Å². The molecule has 0 heterocycles. The molecule has 3 aromatic rings. The molecule has 0 aliphatic rings. The Labute approximate surface area is 170 Å². The molecule has 0 spiro atoms. The predicted molar refractivity (Wildman–Crippen MR) is 116 cm³/mol. The van der Waals surface area contributed by atoms with Gasteiger partial charge < -0.3 is 9.84 Å². The van der Waals surface area contributed by atoms with Crippen LogP contribution in [0.2, 0.25) is 0 Å². The monoisotopic (exact) mass is 388 g/mol. The Bertz CT molecular complexity index is 1000. The summed E-state index contributed by atoms with van der Waals surface area (Å²) < 4.78 is 5.89. The molecule has 0 atom stereocenters. The van der Waals surface area contributed by atoms with Crippen molar-refractivity contribution in [2.75, 3.05) is 5.43 Å². The zero-order valence-electron chi connectivity index (χ0n) is 16.7. The van der Waals surface area contributed by atoms with E-state index in [1.807, 2.05) is 36.4 Å². The second-order valence-electron chi connectivity index (χ2n) is 7.70. The molecule has 0 fully saturated rings. The fourth-order valence-electron chi connectivity index (χ4n) is 2.68. The van der Waals surface area contributed by atoms with Gasteiger partial charge in [0.05, 0.1) is 17.5 Å². The summed E-state index contributed by atoms with van der Waals surface area (Å²) in [4.78, 5) is 11.0. The van der Waals surface area contributed by atoms with Crippen LogP contribution >= 0.6 is 0 Å². The Balaban J connectivity index is 1.59. The minimum atomic E-state index is -0.971. The molecule has 0 radical (unpaired) electrons. The van der Waals surface area contributed by atoms with Crippen molar-refractivity contribution < 1.29 is 14.6 Å². The van der Waals surface area contributed by atoms with Crippen molar-refractivity contribution in [3.8, 4) is 11.5 Å². The number of carbonyl (C=O) groups is 1. The van der Waals surface area contributed by atoms with Gasteiger partial charge >= 0.3 is 5.97 Å². The van der Waals surface area contributed by atoms with E-state index >= 15 is 0 Å². The number of ether oxygens (including phenoxy) is 1. The first-order chi connectivity index (χ1) is 13.8. The van der Waals surface area contributed by atoms with Crippen LogP contribution in [0.15, 0.2) is 77.9 Å². The Kier molecular flexibility index (Phi) is 5.98. The SMILES string of the molecule is CC(C)(C)c1ccc(Oc2ccc(C=NNc3cccc(C(=O)O)c3)cc2)cc1. The molecule has 29 heavy (non-hydrogen) atoms. The van der Waals surface area contributed by atoms with E-state index in [1.54, 1.807) is 18.3 Å². The number of carboxylic acids is 1. The lowest BCUT2D eigenvalue weighted by molar-refractivity contribution is 0.0697. The molecule has 2 N–H and O–H groups in total. The van der Waals surface area contributed by atoms with Gasteiger partial charge in [-0.2, -0.15) is 5.10 Å². The second-order valence-corrected chi connectivity index (χ2v) is 7.70. The molecule has 0 aliphatic heterocycles. The summed E-state index contributed by atoms with van der Waals surface area (Å²) in [5.41, 5.74) is 5.92. The van der Waals surface area contributed by atoms with Gasteiger partial charge in [-0.1, -0.05) is 39.0 Å². The number of aromatic carboxylic acids is 1. The van der Waals surface area contributed by atoms with Crippen molar-refractivity contribution in [2.45, 2.75) is 26.2 Å². The molecule has 148 valence electrons. The van der Waals surface area contributed by atoms with E-state index in [2.05, 4.69) is 43.4 Å². The van der Waals surface area contributed by atoms with Crippen molar-refractivity contribution in [3.05, 3.63) is 89.5 Å². The standard InChI is InChI=1S/C24H24N2O3/c1-24(2,3)19-9-13-22(14-10-19)29-21-11-7-17(8-12-21)16-25-26-20-6-4-5-18(15-20)23(27)28/h4-16,26H,1-3H3,(H,27,28). The van der Waals surface area contributed by atoms with Crippen LogP contribution in [-0.2, 0) is 5.41 Å². The van der Waals surface area contributed by atoms with Crippen LogP contribution in [0.1, 0.15) is 42.3 Å². The molecule has 0 saturated carbocycles. The summed E-state index contributed by atoms with van der Waals surface area (Å²) in [5.74, 6) is 0.563. The number of nitrogens with one attached hydrogen (secondary N) is 1. The Morgan fingerprint density at radius 2 is 1.59 bits per heavy atom. The number of nitrogens with zero attached hydrogens (tertiary/aromatic N) is 1. The molecule has 5 heteroatoms. The summed E-state index contributed by atoms with van der Waals surface area (Å²) in [6.07, 6.45) is 1.66. The van der Waals surface area contributed by atoms with Crippen molar-refractivity contribution >= 4 is 17.9 Å². The van der Waals surface area contributed by atoms with Crippen LogP contribution < -0.4 is 10.2 Å². The predicted octanol–water partition coefficient (Wildman–Crippen LogP) is 5.92. The minimum absolute atomic E-state index is 0.114. The van der Waals surface area contributed by atoms with Crippen LogP contribution in [0.3, 0.4) is 0 Å². The first-order valence-corrected chi connectivity index (χ1v) is 9.32. The number of hydrogen-bond acceptors (Lipinski definition) is 4.